The quantitative estimate of drug-likeness (QED) is 0.679. The van der Waals surface area contributed by atoms with Crippen LogP contribution in [0.4, 0.5) is 0 Å². The largest absolute Gasteiger partial charge is 0.461 e. The molecular formula is C18H20N6O3. The Hall–Kier alpha value is -3.07. The number of morpholine rings is 1. The van der Waals surface area contributed by atoms with Gasteiger partial charge in [0.15, 0.2) is 5.65 Å². The van der Waals surface area contributed by atoms with Crippen LogP contribution in [0.25, 0.3) is 5.65 Å². The Morgan fingerprint density at radius 1 is 1.30 bits per heavy atom. The Labute approximate surface area is 156 Å². The molecule has 1 fully saturated rings. The van der Waals surface area contributed by atoms with Crippen LogP contribution in [0.5, 0.6) is 6.01 Å². The molecule has 1 saturated heterocycles. The smallest absolute Gasteiger partial charge is 0.316 e. The lowest BCUT2D eigenvalue weighted by molar-refractivity contribution is -0.0414. The minimum Gasteiger partial charge on any atom is -0.461 e. The number of aromatic nitrogens is 5. The van der Waals surface area contributed by atoms with Gasteiger partial charge in [0.2, 0.25) is 0 Å². The summed E-state index contributed by atoms with van der Waals surface area (Å²) in [7, 11) is 0. The van der Waals surface area contributed by atoms with E-state index in [1.54, 1.807) is 34.1 Å². The van der Waals surface area contributed by atoms with Gasteiger partial charge in [0.1, 0.15) is 12.7 Å². The molecule has 1 atom stereocenters. The summed E-state index contributed by atoms with van der Waals surface area (Å²) in [6.07, 6.45) is 4.61. The van der Waals surface area contributed by atoms with E-state index >= 15 is 0 Å². The van der Waals surface area contributed by atoms with Crippen molar-refractivity contribution in [3.05, 3.63) is 47.7 Å². The second-order valence-electron chi connectivity index (χ2n) is 6.40. The average Bonchev–Trinajstić information content (AvgIpc) is 3.09. The number of hydrogen-bond donors (Lipinski definition) is 0. The minimum atomic E-state index is -0.240. The number of hydrogen-bond acceptors (Lipinski definition) is 7. The summed E-state index contributed by atoms with van der Waals surface area (Å²) < 4.78 is 13.0. The Bertz CT molecular complexity index is 958. The van der Waals surface area contributed by atoms with Crippen LogP contribution >= 0.6 is 0 Å². The van der Waals surface area contributed by atoms with Crippen molar-refractivity contribution in [2.45, 2.75) is 20.0 Å². The predicted octanol–water partition coefficient (Wildman–Crippen LogP) is 1.06. The van der Waals surface area contributed by atoms with Gasteiger partial charge in [-0.05, 0) is 19.9 Å². The Balaban J connectivity index is 1.46. The van der Waals surface area contributed by atoms with E-state index in [-0.39, 0.29) is 18.6 Å². The van der Waals surface area contributed by atoms with E-state index in [1.165, 1.54) is 0 Å². The van der Waals surface area contributed by atoms with Crippen molar-refractivity contribution in [1.29, 1.82) is 0 Å². The molecule has 27 heavy (non-hydrogen) atoms. The fraction of sp³-hybridized carbons (Fsp3) is 0.389. The van der Waals surface area contributed by atoms with Crippen molar-refractivity contribution in [2.75, 3.05) is 26.3 Å². The number of nitrogens with zero attached hydrogens (tertiary/aromatic N) is 6. The van der Waals surface area contributed by atoms with Gasteiger partial charge in [0, 0.05) is 31.2 Å². The van der Waals surface area contributed by atoms with Crippen LogP contribution in [0.1, 0.15) is 21.7 Å². The maximum Gasteiger partial charge on any atom is 0.316 e. The van der Waals surface area contributed by atoms with E-state index < -0.39 is 0 Å². The van der Waals surface area contributed by atoms with Gasteiger partial charge in [0.05, 0.1) is 30.1 Å². The molecule has 4 rings (SSSR count). The number of amides is 1. The first kappa shape index (κ1) is 17.3. The topological polar surface area (TPSA) is 94.7 Å². The molecule has 0 aromatic carbocycles. The highest BCUT2D eigenvalue weighted by Crippen LogP contribution is 2.16. The molecule has 0 N–H and O–H groups in total. The van der Waals surface area contributed by atoms with E-state index in [0.29, 0.717) is 31.3 Å². The molecule has 1 unspecified atom stereocenters. The maximum absolute atomic E-state index is 13.0. The molecule has 140 valence electrons. The zero-order chi connectivity index (χ0) is 18.8. The fourth-order valence-electron chi connectivity index (χ4n) is 3.08. The lowest BCUT2D eigenvalue weighted by atomic mass is 10.2. The van der Waals surface area contributed by atoms with Crippen LogP contribution < -0.4 is 4.74 Å². The zero-order valence-electron chi connectivity index (χ0n) is 15.2. The van der Waals surface area contributed by atoms with Crippen molar-refractivity contribution in [1.82, 2.24) is 29.5 Å². The fourth-order valence-corrected chi connectivity index (χ4v) is 3.08. The molecule has 0 saturated carbocycles. The van der Waals surface area contributed by atoms with Crippen LogP contribution in [0.3, 0.4) is 0 Å². The van der Waals surface area contributed by atoms with Crippen LogP contribution in [0.2, 0.25) is 0 Å². The summed E-state index contributed by atoms with van der Waals surface area (Å²) in [6.45, 7) is 5.46. The number of carbonyl (C=O) groups is 1. The van der Waals surface area contributed by atoms with Gasteiger partial charge in [-0.25, -0.2) is 19.5 Å². The first-order valence-electron chi connectivity index (χ1n) is 8.74. The molecule has 0 bridgehead atoms. The van der Waals surface area contributed by atoms with E-state index in [1.807, 2.05) is 19.9 Å². The molecule has 0 radical (unpaired) electrons. The summed E-state index contributed by atoms with van der Waals surface area (Å²) in [6, 6.07) is 3.90. The Morgan fingerprint density at radius 2 is 2.11 bits per heavy atom. The van der Waals surface area contributed by atoms with E-state index in [4.69, 9.17) is 9.47 Å². The lowest BCUT2D eigenvalue weighted by Gasteiger charge is -2.32. The standard InChI is InChI=1S/C18H20N6O3/c1-12-8-16-21-9-15(13(2)24(16)22-12)17(25)23-6-7-26-14(10-23)11-27-18-19-4-3-5-20-18/h3-5,8-9,14H,6-7,10-11H2,1-2H3. The Morgan fingerprint density at radius 3 is 2.93 bits per heavy atom. The highest BCUT2D eigenvalue weighted by Gasteiger charge is 2.27. The third-order valence-corrected chi connectivity index (χ3v) is 4.44. The van der Waals surface area contributed by atoms with Gasteiger partial charge in [-0.15, -0.1) is 0 Å². The van der Waals surface area contributed by atoms with Crippen molar-refractivity contribution in [3.8, 4) is 6.01 Å². The average molecular weight is 368 g/mol. The summed E-state index contributed by atoms with van der Waals surface area (Å²) in [5, 5.41) is 4.40. The first-order chi connectivity index (χ1) is 13.1. The van der Waals surface area contributed by atoms with Crippen molar-refractivity contribution >= 4 is 11.6 Å². The summed E-state index contributed by atoms with van der Waals surface area (Å²) in [5.41, 5.74) is 2.91. The molecule has 0 aliphatic carbocycles. The molecule has 1 amide bonds. The van der Waals surface area contributed by atoms with E-state index in [0.717, 1.165) is 17.0 Å². The number of fused-ring (bicyclic) bond motifs is 1. The minimum absolute atomic E-state index is 0.0840. The SMILES string of the molecule is Cc1cc2ncc(C(=O)N3CCOC(COc4ncccn4)C3)c(C)n2n1. The maximum atomic E-state index is 13.0. The highest BCUT2D eigenvalue weighted by molar-refractivity contribution is 5.95. The monoisotopic (exact) mass is 368 g/mol. The normalized spacial score (nSPS) is 17.3. The third kappa shape index (κ3) is 3.59. The second kappa shape index (κ2) is 7.28. The highest BCUT2D eigenvalue weighted by atomic mass is 16.5. The first-order valence-corrected chi connectivity index (χ1v) is 8.74. The van der Waals surface area contributed by atoms with E-state index in [2.05, 4.69) is 20.1 Å². The van der Waals surface area contributed by atoms with E-state index in [9.17, 15) is 4.79 Å². The number of rotatable bonds is 4. The van der Waals surface area contributed by atoms with Gasteiger partial charge in [-0.3, -0.25) is 4.79 Å². The molecule has 9 heteroatoms. The third-order valence-electron chi connectivity index (χ3n) is 4.44. The second-order valence-corrected chi connectivity index (χ2v) is 6.40. The van der Waals surface area contributed by atoms with Crippen LogP contribution in [0.15, 0.2) is 30.7 Å². The van der Waals surface area contributed by atoms with Crippen molar-refractivity contribution < 1.29 is 14.3 Å². The van der Waals surface area contributed by atoms with Gasteiger partial charge < -0.3 is 14.4 Å². The zero-order valence-corrected chi connectivity index (χ0v) is 15.2. The van der Waals surface area contributed by atoms with Gasteiger partial charge in [-0.1, -0.05) is 0 Å². The molecule has 4 heterocycles. The molecular weight excluding hydrogens is 348 g/mol. The molecule has 0 spiro atoms. The molecule has 1 aliphatic heterocycles. The van der Waals surface area contributed by atoms with Crippen LogP contribution in [-0.2, 0) is 4.74 Å². The number of ether oxygens (including phenoxy) is 2. The predicted molar refractivity (Wildman–Crippen MR) is 95.6 cm³/mol. The molecule has 1 aliphatic rings. The van der Waals surface area contributed by atoms with Gasteiger partial charge >= 0.3 is 6.01 Å². The van der Waals surface area contributed by atoms with Gasteiger partial charge in [0.25, 0.3) is 5.91 Å². The van der Waals surface area contributed by atoms with Crippen molar-refractivity contribution in [3.63, 3.8) is 0 Å². The molecule has 3 aromatic heterocycles. The molecule has 9 nitrogen and oxygen atoms in total. The Kier molecular flexibility index (Phi) is 4.68. The number of aryl methyl sites for hydroxylation is 2. The van der Waals surface area contributed by atoms with Crippen molar-refractivity contribution in [2.24, 2.45) is 0 Å². The summed E-state index contributed by atoms with van der Waals surface area (Å²) in [4.78, 5) is 27.2. The van der Waals surface area contributed by atoms with Gasteiger partial charge in [-0.2, -0.15) is 5.10 Å². The lowest BCUT2D eigenvalue weighted by Crippen LogP contribution is -2.48. The molecule has 3 aromatic rings. The van der Waals surface area contributed by atoms with Crippen LogP contribution in [0, 0.1) is 13.8 Å². The summed E-state index contributed by atoms with van der Waals surface area (Å²) in [5.74, 6) is -0.0840. The number of carbonyl (C=O) groups excluding carboxylic acids is 1. The summed E-state index contributed by atoms with van der Waals surface area (Å²) >= 11 is 0. The van der Waals surface area contributed by atoms with Crippen LogP contribution in [-0.4, -0.2) is 67.8 Å².